The molecule has 3 aromatic rings. The zero-order valence-electron chi connectivity index (χ0n) is 14.2. The second-order valence-corrected chi connectivity index (χ2v) is 6.73. The van der Waals surface area contributed by atoms with Gasteiger partial charge in [-0.05, 0) is 30.7 Å². The molecule has 0 N–H and O–H groups in total. The maximum Gasteiger partial charge on any atom is 0.267 e. The van der Waals surface area contributed by atoms with Crippen LogP contribution in [0.5, 0.6) is 11.5 Å². The van der Waals surface area contributed by atoms with Crippen molar-refractivity contribution in [1.29, 1.82) is 0 Å². The fourth-order valence-corrected chi connectivity index (χ4v) is 3.78. The first-order valence-corrected chi connectivity index (χ1v) is 8.88. The van der Waals surface area contributed by atoms with Gasteiger partial charge in [0.25, 0.3) is 5.91 Å². The second-order valence-electron chi connectivity index (χ2n) is 6.73. The lowest BCUT2D eigenvalue weighted by Gasteiger charge is -2.28. The molecular weight excluding hydrogens is 330 g/mol. The highest BCUT2D eigenvalue weighted by molar-refractivity contribution is 5.82. The van der Waals surface area contributed by atoms with E-state index in [1.807, 2.05) is 53.7 Å². The molecule has 6 nitrogen and oxygen atoms in total. The summed E-state index contributed by atoms with van der Waals surface area (Å²) in [6.07, 6.45) is 2.21. The number of imidazole rings is 1. The Hall–Kier alpha value is -3.02. The highest BCUT2D eigenvalue weighted by atomic mass is 16.6. The third-order valence-corrected chi connectivity index (χ3v) is 5.13. The Kier molecular flexibility index (Phi) is 3.55. The Balaban J connectivity index is 1.31. The van der Waals surface area contributed by atoms with Crippen LogP contribution in [0.2, 0.25) is 0 Å². The van der Waals surface area contributed by atoms with E-state index in [1.54, 1.807) is 0 Å². The first-order chi connectivity index (χ1) is 12.8. The van der Waals surface area contributed by atoms with E-state index in [2.05, 4.69) is 15.6 Å². The number of rotatable bonds is 2. The van der Waals surface area contributed by atoms with Crippen molar-refractivity contribution < 1.29 is 14.3 Å². The van der Waals surface area contributed by atoms with Crippen LogP contribution in [-0.4, -0.2) is 46.2 Å². The number of carbonyl (C=O) groups excluding carboxylic acids is 1. The van der Waals surface area contributed by atoms with Crippen molar-refractivity contribution in [2.45, 2.75) is 18.6 Å². The standard InChI is InChI=1S/C20H19N3O3/c24-20(19-12-25-17-7-3-4-8-18(17)26-19)22-10-9-14(11-22)23-13-21-15-5-1-2-6-16(15)23/h1-8,13-14,19H,9-12H2/t14-,19-/m1/s1. The minimum atomic E-state index is -0.580. The van der Waals surface area contributed by atoms with Gasteiger partial charge in [0.2, 0.25) is 6.10 Å². The number of likely N-dealkylation sites (tertiary alicyclic amines) is 1. The number of benzene rings is 2. The zero-order valence-corrected chi connectivity index (χ0v) is 14.2. The summed E-state index contributed by atoms with van der Waals surface area (Å²) in [5.74, 6) is 1.32. The molecule has 2 aromatic carbocycles. The van der Waals surface area contributed by atoms with Gasteiger partial charge in [-0.25, -0.2) is 4.98 Å². The van der Waals surface area contributed by atoms with Gasteiger partial charge in [0, 0.05) is 13.1 Å². The van der Waals surface area contributed by atoms with Crippen LogP contribution >= 0.6 is 0 Å². The van der Waals surface area contributed by atoms with E-state index in [4.69, 9.17) is 9.47 Å². The molecule has 0 bridgehead atoms. The smallest absolute Gasteiger partial charge is 0.267 e. The normalized spacial score (nSPS) is 21.9. The summed E-state index contributed by atoms with van der Waals surface area (Å²) in [4.78, 5) is 19.2. The van der Waals surface area contributed by atoms with Crippen molar-refractivity contribution in [1.82, 2.24) is 14.5 Å². The Morgan fingerprint density at radius 1 is 1.08 bits per heavy atom. The maximum absolute atomic E-state index is 12.9. The molecule has 6 heteroatoms. The summed E-state index contributed by atoms with van der Waals surface area (Å²) in [5.41, 5.74) is 2.09. The first kappa shape index (κ1) is 15.3. The van der Waals surface area contributed by atoms with Gasteiger partial charge in [-0.3, -0.25) is 4.79 Å². The molecule has 1 fully saturated rings. The highest BCUT2D eigenvalue weighted by Crippen LogP contribution is 2.32. The molecule has 0 radical (unpaired) electrons. The van der Waals surface area contributed by atoms with Crippen LogP contribution < -0.4 is 9.47 Å². The third-order valence-electron chi connectivity index (χ3n) is 5.13. The molecule has 3 heterocycles. The molecule has 2 aliphatic heterocycles. The maximum atomic E-state index is 12.9. The molecule has 26 heavy (non-hydrogen) atoms. The van der Waals surface area contributed by atoms with E-state index in [9.17, 15) is 4.79 Å². The lowest BCUT2D eigenvalue weighted by atomic mass is 10.2. The average molecular weight is 349 g/mol. The van der Waals surface area contributed by atoms with Crippen LogP contribution in [0.4, 0.5) is 0 Å². The number of hydrogen-bond acceptors (Lipinski definition) is 4. The molecular formula is C20H19N3O3. The molecule has 2 aliphatic rings. The molecule has 0 spiro atoms. The summed E-state index contributed by atoms with van der Waals surface area (Å²) in [6.45, 7) is 1.64. The lowest BCUT2D eigenvalue weighted by Crippen LogP contribution is -2.45. The van der Waals surface area contributed by atoms with Crippen molar-refractivity contribution in [3.8, 4) is 11.5 Å². The Bertz CT molecular complexity index is 968. The molecule has 0 saturated carbocycles. The number of fused-ring (bicyclic) bond motifs is 2. The fraction of sp³-hybridized carbons (Fsp3) is 0.300. The van der Waals surface area contributed by atoms with E-state index in [-0.39, 0.29) is 18.6 Å². The average Bonchev–Trinajstić information content (AvgIpc) is 3.34. The van der Waals surface area contributed by atoms with Gasteiger partial charge in [0.05, 0.1) is 23.4 Å². The van der Waals surface area contributed by atoms with Crippen LogP contribution in [0.15, 0.2) is 54.9 Å². The second kappa shape index (κ2) is 6.05. The van der Waals surface area contributed by atoms with E-state index in [1.165, 1.54) is 0 Å². The lowest BCUT2D eigenvalue weighted by molar-refractivity contribution is -0.140. The van der Waals surface area contributed by atoms with Gasteiger partial charge in [-0.15, -0.1) is 0 Å². The van der Waals surface area contributed by atoms with Crippen LogP contribution in [0.3, 0.4) is 0 Å². The molecule has 1 aromatic heterocycles. The van der Waals surface area contributed by atoms with Gasteiger partial charge < -0.3 is 18.9 Å². The number of nitrogens with zero attached hydrogens (tertiary/aromatic N) is 3. The molecule has 1 saturated heterocycles. The first-order valence-electron chi connectivity index (χ1n) is 8.88. The van der Waals surface area contributed by atoms with Gasteiger partial charge in [-0.1, -0.05) is 24.3 Å². The van der Waals surface area contributed by atoms with Gasteiger partial charge >= 0.3 is 0 Å². The molecule has 2 atom stereocenters. The summed E-state index contributed by atoms with van der Waals surface area (Å²) in [6, 6.07) is 15.8. The number of ether oxygens (including phenoxy) is 2. The number of para-hydroxylation sites is 4. The van der Waals surface area contributed by atoms with E-state index in [0.29, 0.717) is 18.0 Å². The number of hydrogen-bond donors (Lipinski definition) is 0. The van der Waals surface area contributed by atoms with E-state index >= 15 is 0 Å². The number of aromatic nitrogens is 2. The van der Waals surface area contributed by atoms with Crippen molar-refractivity contribution in [2.24, 2.45) is 0 Å². The van der Waals surface area contributed by atoms with Gasteiger partial charge in [0.15, 0.2) is 11.5 Å². The predicted molar refractivity (Wildman–Crippen MR) is 96.3 cm³/mol. The minimum absolute atomic E-state index is 0.00794. The summed E-state index contributed by atoms with van der Waals surface area (Å²) < 4.78 is 13.7. The van der Waals surface area contributed by atoms with E-state index in [0.717, 1.165) is 24.0 Å². The highest BCUT2D eigenvalue weighted by Gasteiger charge is 2.35. The molecule has 132 valence electrons. The van der Waals surface area contributed by atoms with Crippen molar-refractivity contribution in [3.05, 3.63) is 54.9 Å². The Labute approximate surface area is 151 Å². The molecule has 1 amide bonds. The SMILES string of the molecule is O=C([C@H]1COc2ccccc2O1)N1CC[C@@H](n2cnc3ccccc32)C1. The van der Waals surface area contributed by atoms with Gasteiger partial charge in [0.1, 0.15) is 6.61 Å². The number of amides is 1. The summed E-state index contributed by atoms with van der Waals surface area (Å²) >= 11 is 0. The zero-order chi connectivity index (χ0) is 17.5. The summed E-state index contributed by atoms with van der Waals surface area (Å²) in [5, 5.41) is 0. The van der Waals surface area contributed by atoms with Crippen LogP contribution in [0.1, 0.15) is 12.5 Å². The fourth-order valence-electron chi connectivity index (χ4n) is 3.78. The van der Waals surface area contributed by atoms with Gasteiger partial charge in [-0.2, -0.15) is 0 Å². The topological polar surface area (TPSA) is 56.6 Å². The van der Waals surface area contributed by atoms with Crippen LogP contribution in [0.25, 0.3) is 11.0 Å². The predicted octanol–water partition coefficient (Wildman–Crippen LogP) is 2.65. The quantitative estimate of drug-likeness (QED) is 0.714. The molecule has 0 aliphatic carbocycles. The van der Waals surface area contributed by atoms with Crippen LogP contribution in [-0.2, 0) is 4.79 Å². The van der Waals surface area contributed by atoms with Crippen LogP contribution in [0, 0.1) is 0 Å². The minimum Gasteiger partial charge on any atom is -0.485 e. The van der Waals surface area contributed by atoms with Crippen molar-refractivity contribution in [3.63, 3.8) is 0 Å². The Morgan fingerprint density at radius 2 is 1.88 bits per heavy atom. The van der Waals surface area contributed by atoms with E-state index < -0.39 is 6.10 Å². The third kappa shape index (κ3) is 2.49. The monoisotopic (exact) mass is 349 g/mol. The number of carbonyl (C=O) groups is 1. The summed E-state index contributed by atoms with van der Waals surface area (Å²) in [7, 11) is 0. The van der Waals surface area contributed by atoms with Crippen molar-refractivity contribution >= 4 is 16.9 Å². The molecule has 5 rings (SSSR count). The van der Waals surface area contributed by atoms with Crippen molar-refractivity contribution in [2.75, 3.05) is 19.7 Å². The largest absolute Gasteiger partial charge is 0.485 e. The Morgan fingerprint density at radius 3 is 2.81 bits per heavy atom. The molecule has 0 unspecified atom stereocenters.